The minimum atomic E-state index is -0.700. The van der Waals surface area contributed by atoms with E-state index < -0.39 is 6.10 Å². The standard InChI is InChI=1S/C17H17NO3/c1-12(19)17-15(20-2)4-3-5-16(17)21-14-8-6-13(7-9-14)10-11-18/h3-9,12,19H,10H2,1-2H3/t12-/m1/s1. The molecule has 4 nitrogen and oxygen atoms in total. The lowest BCUT2D eigenvalue weighted by molar-refractivity contribution is 0.190. The van der Waals surface area contributed by atoms with Gasteiger partial charge in [-0.05, 0) is 36.8 Å². The number of nitrogens with zero attached hydrogens (tertiary/aromatic N) is 1. The molecule has 1 atom stereocenters. The smallest absolute Gasteiger partial charge is 0.136 e. The van der Waals surface area contributed by atoms with Gasteiger partial charge in [-0.3, -0.25) is 0 Å². The minimum absolute atomic E-state index is 0.373. The Kier molecular flexibility index (Phi) is 4.81. The summed E-state index contributed by atoms with van der Waals surface area (Å²) in [6, 6.07) is 14.8. The van der Waals surface area contributed by atoms with Gasteiger partial charge in [-0.25, -0.2) is 0 Å². The molecule has 0 aliphatic heterocycles. The van der Waals surface area contributed by atoms with Gasteiger partial charge < -0.3 is 14.6 Å². The topological polar surface area (TPSA) is 62.5 Å². The van der Waals surface area contributed by atoms with Gasteiger partial charge in [0.1, 0.15) is 17.2 Å². The van der Waals surface area contributed by atoms with Gasteiger partial charge in [-0.1, -0.05) is 18.2 Å². The van der Waals surface area contributed by atoms with Gasteiger partial charge in [0, 0.05) is 0 Å². The molecule has 0 aliphatic rings. The third-order valence-electron chi connectivity index (χ3n) is 3.10. The molecule has 0 bridgehead atoms. The zero-order valence-corrected chi connectivity index (χ0v) is 12.0. The van der Waals surface area contributed by atoms with Gasteiger partial charge in [0.05, 0.1) is 31.3 Å². The molecule has 0 fully saturated rings. The van der Waals surface area contributed by atoms with E-state index >= 15 is 0 Å². The van der Waals surface area contributed by atoms with Crippen LogP contribution in [0.15, 0.2) is 42.5 Å². The molecule has 2 aromatic rings. The lowest BCUT2D eigenvalue weighted by Gasteiger charge is -2.16. The molecule has 2 rings (SSSR count). The van der Waals surface area contributed by atoms with Crippen LogP contribution in [0.2, 0.25) is 0 Å². The Bertz CT molecular complexity index is 642. The van der Waals surface area contributed by atoms with Gasteiger partial charge in [-0.15, -0.1) is 0 Å². The van der Waals surface area contributed by atoms with E-state index in [9.17, 15) is 5.11 Å². The van der Waals surface area contributed by atoms with Crippen LogP contribution < -0.4 is 9.47 Å². The van der Waals surface area contributed by atoms with E-state index in [1.165, 1.54) is 0 Å². The molecular formula is C17H17NO3. The molecule has 0 amide bonds. The average Bonchev–Trinajstić information content (AvgIpc) is 2.49. The van der Waals surface area contributed by atoms with Gasteiger partial charge in [0.2, 0.25) is 0 Å². The van der Waals surface area contributed by atoms with Crippen molar-refractivity contribution in [2.45, 2.75) is 19.4 Å². The molecule has 0 aromatic heterocycles. The maximum Gasteiger partial charge on any atom is 0.136 e. The van der Waals surface area contributed by atoms with E-state index in [0.717, 1.165) is 5.56 Å². The predicted molar refractivity (Wildman–Crippen MR) is 79.5 cm³/mol. The predicted octanol–water partition coefficient (Wildman–Crippen LogP) is 3.61. The highest BCUT2D eigenvalue weighted by Crippen LogP contribution is 2.36. The summed E-state index contributed by atoms with van der Waals surface area (Å²) in [5.41, 5.74) is 1.55. The van der Waals surface area contributed by atoms with Crippen LogP contribution in [-0.4, -0.2) is 12.2 Å². The summed E-state index contributed by atoms with van der Waals surface area (Å²) in [5, 5.41) is 18.6. The van der Waals surface area contributed by atoms with E-state index in [-0.39, 0.29) is 0 Å². The van der Waals surface area contributed by atoms with Crippen molar-refractivity contribution in [1.82, 2.24) is 0 Å². The summed E-state index contributed by atoms with van der Waals surface area (Å²) < 4.78 is 11.1. The Morgan fingerprint density at radius 3 is 2.38 bits per heavy atom. The van der Waals surface area contributed by atoms with E-state index in [2.05, 4.69) is 6.07 Å². The van der Waals surface area contributed by atoms with Crippen LogP contribution in [0.4, 0.5) is 0 Å². The summed E-state index contributed by atoms with van der Waals surface area (Å²) in [4.78, 5) is 0. The minimum Gasteiger partial charge on any atom is -0.496 e. The number of ether oxygens (including phenoxy) is 2. The quantitative estimate of drug-likeness (QED) is 0.910. The largest absolute Gasteiger partial charge is 0.496 e. The highest BCUT2D eigenvalue weighted by molar-refractivity contribution is 5.48. The highest BCUT2D eigenvalue weighted by atomic mass is 16.5. The number of hydrogen-bond donors (Lipinski definition) is 1. The Morgan fingerprint density at radius 2 is 1.81 bits per heavy atom. The first-order valence-electron chi connectivity index (χ1n) is 6.64. The fourth-order valence-corrected chi connectivity index (χ4v) is 2.10. The van der Waals surface area contributed by atoms with Crippen LogP contribution in [0, 0.1) is 11.3 Å². The second kappa shape index (κ2) is 6.78. The van der Waals surface area contributed by atoms with Crippen LogP contribution in [0.25, 0.3) is 0 Å². The van der Waals surface area contributed by atoms with Crippen LogP contribution in [0.3, 0.4) is 0 Å². The zero-order valence-electron chi connectivity index (χ0n) is 12.0. The molecule has 0 heterocycles. The molecule has 108 valence electrons. The molecule has 0 saturated heterocycles. The maximum atomic E-state index is 9.91. The van der Waals surface area contributed by atoms with Crippen molar-refractivity contribution in [3.8, 4) is 23.3 Å². The van der Waals surface area contributed by atoms with Crippen molar-refractivity contribution < 1.29 is 14.6 Å². The van der Waals surface area contributed by atoms with Crippen molar-refractivity contribution >= 4 is 0 Å². The van der Waals surface area contributed by atoms with Crippen LogP contribution in [-0.2, 0) is 6.42 Å². The first kappa shape index (κ1) is 14.9. The first-order valence-corrected chi connectivity index (χ1v) is 6.64. The van der Waals surface area contributed by atoms with Crippen LogP contribution >= 0.6 is 0 Å². The Morgan fingerprint density at radius 1 is 1.14 bits per heavy atom. The molecular weight excluding hydrogens is 266 g/mol. The highest BCUT2D eigenvalue weighted by Gasteiger charge is 2.15. The summed E-state index contributed by atoms with van der Waals surface area (Å²) in [5.74, 6) is 1.79. The normalized spacial score (nSPS) is 11.5. The van der Waals surface area contributed by atoms with E-state index in [4.69, 9.17) is 14.7 Å². The Balaban J connectivity index is 2.29. The molecule has 0 radical (unpaired) electrons. The molecule has 0 unspecified atom stereocenters. The summed E-state index contributed by atoms with van der Waals surface area (Å²) >= 11 is 0. The van der Waals surface area contributed by atoms with E-state index in [0.29, 0.717) is 29.2 Å². The van der Waals surface area contributed by atoms with Crippen molar-refractivity contribution in [3.05, 3.63) is 53.6 Å². The lowest BCUT2D eigenvalue weighted by atomic mass is 10.1. The van der Waals surface area contributed by atoms with Crippen LogP contribution in [0.5, 0.6) is 17.2 Å². The fraction of sp³-hybridized carbons (Fsp3) is 0.235. The lowest BCUT2D eigenvalue weighted by Crippen LogP contribution is -2.00. The monoisotopic (exact) mass is 283 g/mol. The molecule has 0 aliphatic carbocycles. The van der Waals surface area contributed by atoms with Crippen molar-refractivity contribution in [2.24, 2.45) is 0 Å². The molecule has 4 heteroatoms. The fourth-order valence-electron chi connectivity index (χ4n) is 2.10. The number of methoxy groups -OCH3 is 1. The van der Waals surface area contributed by atoms with E-state index in [1.807, 2.05) is 18.2 Å². The second-order valence-electron chi connectivity index (χ2n) is 4.63. The maximum absolute atomic E-state index is 9.91. The summed E-state index contributed by atoms with van der Waals surface area (Å²) in [7, 11) is 1.56. The molecule has 0 saturated carbocycles. The number of aliphatic hydroxyl groups is 1. The first-order chi connectivity index (χ1) is 10.2. The molecule has 2 aromatic carbocycles. The Hall–Kier alpha value is -2.51. The van der Waals surface area contributed by atoms with Crippen LogP contribution in [0.1, 0.15) is 24.2 Å². The number of benzene rings is 2. The number of rotatable bonds is 5. The van der Waals surface area contributed by atoms with Crippen molar-refractivity contribution in [2.75, 3.05) is 7.11 Å². The van der Waals surface area contributed by atoms with Gasteiger partial charge in [0.25, 0.3) is 0 Å². The van der Waals surface area contributed by atoms with Gasteiger partial charge >= 0.3 is 0 Å². The molecule has 1 N–H and O–H groups in total. The van der Waals surface area contributed by atoms with Gasteiger partial charge in [-0.2, -0.15) is 5.26 Å². The van der Waals surface area contributed by atoms with Crippen molar-refractivity contribution in [3.63, 3.8) is 0 Å². The number of aliphatic hydroxyl groups excluding tert-OH is 1. The number of hydrogen-bond acceptors (Lipinski definition) is 4. The van der Waals surface area contributed by atoms with Gasteiger partial charge in [0.15, 0.2) is 0 Å². The third-order valence-corrected chi connectivity index (χ3v) is 3.10. The Labute approximate surface area is 124 Å². The molecule has 21 heavy (non-hydrogen) atoms. The zero-order chi connectivity index (χ0) is 15.2. The van der Waals surface area contributed by atoms with E-state index in [1.54, 1.807) is 38.3 Å². The average molecular weight is 283 g/mol. The third kappa shape index (κ3) is 3.53. The SMILES string of the molecule is COc1cccc(Oc2ccc(CC#N)cc2)c1[C@@H](C)O. The molecule has 0 spiro atoms. The van der Waals surface area contributed by atoms with Crippen molar-refractivity contribution in [1.29, 1.82) is 5.26 Å². The summed E-state index contributed by atoms with van der Waals surface area (Å²) in [6.07, 6.45) is -0.327. The summed E-state index contributed by atoms with van der Waals surface area (Å²) in [6.45, 7) is 1.67. The number of nitriles is 1. The second-order valence-corrected chi connectivity index (χ2v) is 4.63.